The molecule has 1 unspecified atom stereocenters. The molecule has 1 heteroatoms. The molecule has 1 aliphatic carbocycles. The van der Waals surface area contributed by atoms with Crippen molar-refractivity contribution in [1.82, 2.24) is 0 Å². The van der Waals surface area contributed by atoms with Gasteiger partial charge < -0.3 is 0 Å². The number of rotatable bonds is 0. The third-order valence-electron chi connectivity index (χ3n) is 1.41. The Balaban J connectivity index is 2.64. The maximum Gasteiger partial charge on any atom is 0.127 e. The van der Waals surface area contributed by atoms with Crippen LogP contribution in [0, 0.1) is 5.41 Å². The molecule has 0 fully saturated rings. The Morgan fingerprint density at radius 2 is 2.00 bits per heavy atom. The summed E-state index contributed by atoms with van der Waals surface area (Å²) in [7, 11) is 0. The smallest absolute Gasteiger partial charge is 0.127 e. The van der Waals surface area contributed by atoms with Gasteiger partial charge in [-0.15, -0.1) is 0 Å². The standard InChI is InChI=1S/C6H9F/c1-6(2)4-3-5(6)7/h3-5H,1-2H3. The van der Waals surface area contributed by atoms with E-state index in [2.05, 4.69) is 0 Å². The number of hydrogen-bond acceptors (Lipinski definition) is 0. The van der Waals surface area contributed by atoms with Gasteiger partial charge in [-0.1, -0.05) is 26.0 Å². The van der Waals surface area contributed by atoms with Crippen LogP contribution in [0.15, 0.2) is 12.2 Å². The molecule has 0 aromatic carbocycles. The summed E-state index contributed by atoms with van der Waals surface area (Å²) in [4.78, 5) is 0. The Morgan fingerprint density at radius 1 is 1.57 bits per heavy atom. The van der Waals surface area contributed by atoms with Crippen LogP contribution in [0.25, 0.3) is 0 Å². The molecule has 0 aromatic rings. The SMILES string of the molecule is CC1(C)C=CC1F. The van der Waals surface area contributed by atoms with Crippen molar-refractivity contribution in [2.75, 3.05) is 0 Å². The lowest BCUT2D eigenvalue weighted by atomic mass is 9.79. The zero-order valence-corrected chi connectivity index (χ0v) is 4.61. The Labute approximate surface area is 43.0 Å². The van der Waals surface area contributed by atoms with E-state index >= 15 is 0 Å². The summed E-state index contributed by atoms with van der Waals surface area (Å²) in [5, 5.41) is 0. The van der Waals surface area contributed by atoms with Crippen molar-refractivity contribution >= 4 is 0 Å². The minimum atomic E-state index is -0.701. The highest BCUT2D eigenvalue weighted by Gasteiger charge is 2.31. The van der Waals surface area contributed by atoms with E-state index in [0.717, 1.165) is 0 Å². The minimum absolute atomic E-state index is 0.167. The van der Waals surface area contributed by atoms with E-state index in [0.29, 0.717) is 0 Å². The molecular weight excluding hydrogens is 91.1 g/mol. The molecule has 0 aliphatic heterocycles. The summed E-state index contributed by atoms with van der Waals surface area (Å²) < 4.78 is 12.2. The quantitative estimate of drug-likeness (QED) is 0.408. The van der Waals surface area contributed by atoms with Gasteiger partial charge in [0, 0.05) is 5.41 Å². The van der Waals surface area contributed by atoms with E-state index in [4.69, 9.17) is 0 Å². The Kier molecular flexibility index (Phi) is 0.748. The van der Waals surface area contributed by atoms with Gasteiger partial charge in [0.05, 0.1) is 0 Å². The number of alkyl halides is 1. The van der Waals surface area contributed by atoms with E-state index in [9.17, 15) is 4.39 Å². The van der Waals surface area contributed by atoms with Gasteiger partial charge in [0.15, 0.2) is 0 Å². The molecule has 0 bridgehead atoms. The third kappa shape index (κ3) is 0.561. The summed E-state index contributed by atoms with van der Waals surface area (Å²) in [5.41, 5.74) is -0.167. The first kappa shape index (κ1) is 4.82. The van der Waals surface area contributed by atoms with Crippen LogP contribution in [0.2, 0.25) is 0 Å². The molecule has 1 rings (SSSR count). The van der Waals surface area contributed by atoms with Gasteiger partial charge in [-0.3, -0.25) is 0 Å². The molecule has 1 aliphatic rings. The average Bonchev–Trinajstić information content (AvgIpc) is 1.63. The molecule has 7 heavy (non-hydrogen) atoms. The van der Waals surface area contributed by atoms with Crippen molar-refractivity contribution in [3.8, 4) is 0 Å². The Morgan fingerprint density at radius 3 is 2.00 bits per heavy atom. The number of hydrogen-bond donors (Lipinski definition) is 0. The Bertz CT molecular complexity index is 103. The van der Waals surface area contributed by atoms with Crippen molar-refractivity contribution in [1.29, 1.82) is 0 Å². The lowest BCUT2D eigenvalue weighted by molar-refractivity contribution is 0.208. The zero-order chi connectivity index (χ0) is 5.49. The van der Waals surface area contributed by atoms with Crippen LogP contribution in [0.3, 0.4) is 0 Å². The topological polar surface area (TPSA) is 0 Å². The van der Waals surface area contributed by atoms with E-state index in [1.54, 1.807) is 6.08 Å². The van der Waals surface area contributed by atoms with Crippen molar-refractivity contribution in [3.05, 3.63) is 12.2 Å². The third-order valence-corrected chi connectivity index (χ3v) is 1.41. The maximum absolute atomic E-state index is 12.2. The van der Waals surface area contributed by atoms with Gasteiger partial charge in [0.25, 0.3) is 0 Å². The van der Waals surface area contributed by atoms with E-state index in [1.165, 1.54) is 0 Å². The Hall–Kier alpha value is -0.330. The van der Waals surface area contributed by atoms with Gasteiger partial charge in [-0.2, -0.15) is 0 Å². The zero-order valence-electron chi connectivity index (χ0n) is 4.61. The van der Waals surface area contributed by atoms with Crippen LogP contribution in [-0.4, -0.2) is 6.17 Å². The first-order chi connectivity index (χ1) is 3.13. The van der Waals surface area contributed by atoms with Crippen LogP contribution < -0.4 is 0 Å². The molecule has 0 heterocycles. The average molecular weight is 100 g/mol. The molecule has 0 saturated carbocycles. The first-order valence-electron chi connectivity index (χ1n) is 2.46. The summed E-state index contributed by atoms with van der Waals surface area (Å²) in [6.45, 7) is 3.77. The van der Waals surface area contributed by atoms with Crippen LogP contribution >= 0.6 is 0 Å². The molecule has 0 N–H and O–H groups in total. The predicted molar refractivity (Wildman–Crippen MR) is 27.8 cm³/mol. The molecule has 0 spiro atoms. The highest BCUT2D eigenvalue weighted by molar-refractivity contribution is 5.16. The molecule has 1 atom stereocenters. The van der Waals surface area contributed by atoms with Gasteiger partial charge in [-0.05, 0) is 0 Å². The largest absolute Gasteiger partial charge is 0.242 e. The minimum Gasteiger partial charge on any atom is -0.242 e. The summed E-state index contributed by atoms with van der Waals surface area (Å²) in [6, 6.07) is 0. The van der Waals surface area contributed by atoms with Gasteiger partial charge in [0.2, 0.25) is 0 Å². The predicted octanol–water partition coefficient (Wildman–Crippen LogP) is 1.92. The molecule has 0 saturated heterocycles. The molecule has 0 nitrogen and oxygen atoms in total. The number of allylic oxidation sites excluding steroid dienone is 2. The molecule has 0 radical (unpaired) electrons. The summed E-state index contributed by atoms with van der Waals surface area (Å²) in [6.07, 6.45) is 2.77. The van der Waals surface area contributed by atoms with Crippen molar-refractivity contribution in [3.63, 3.8) is 0 Å². The van der Waals surface area contributed by atoms with E-state index in [1.807, 2.05) is 19.9 Å². The van der Waals surface area contributed by atoms with Crippen molar-refractivity contribution in [2.24, 2.45) is 5.41 Å². The van der Waals surface area contributed by atoms with Crippen molar-refractivity contribution < 1.29 is 4.39 Å². The van der Waals surface area contributed by atoms with Gasteiger partial charge in [0.1, 0.15) is 6.17 Å². The molecule has 0 aromatic heterocycles. The molecule has 40 valence electrons. The second-order valence-electron chi connectivity index (χ2n) is 2.58. The highest BCUT2D eigenvalue weighted by atomic mass is 19.1. The summed E-state index contributed by atoms with van der Waals surface area (Å²) in [5.74, 6) is 0. The normalized spacial score (nSPS) is 35.0. The maximum atomic E-state index is 12.2. The number of halogens is 1. The fourth-order valence-electron chi connectivity index (χ4n) is 0.554. The van der Waals surface area contributed by atoms with Crippen LogP contribution in [0.5, 0.6) is 0 Å². The van der Waals surface area contributed by atoms with Crippen LogP contribution in [-0.2, 0) is 0 Å². The monoisotopic (exact) mass is 100 g/mol. The molecular formula is C6H9F. The summed E-state index contributed by atoms with van der Waals surface area (Å²) >= 11 is 0. The molecule has 0 amide bonds. The van der Waals surface area contributed by atoms with Gasteiger partial charge >= 0.3 is 0 Å². The lowest BCUT2D eigenvalue weighted by Crippen LogP contribution is -2.28. The first-order valence-corrected chi connectivity index (χ1v) is 2.46. The van der Waals surface area contributed by atoms with E-state index < -0.39 is 6.17 Å². The second-order valence-corrected chi connectivity index (χ2v) is 2.58. The van der Waals surface area contributed by atoms with Crippen LogP contribution in [0.1, 0.15) is 13.8 Å². The fourth-order valence-corrected chi connectivity index (χ4v) is 0.554. The highest BCUT2D eigenvalue weighted by Crippen LogP contribution is 2.34. The fraction of sp³-hybridized carbons (Fsp3) is 0.667. The van der Waals surface area contributed by atoms with E-state index in [-0.39, 0.29) is 5.41 Å². The second kappa shape index (κ2) is 1.09. The van der Waals surface area contributed by atoms with Crippen molar-refractivity contribution in [2.45, 2.75) is 20.0 Å². The van der Waals surface area contributed by atoms with Gasteiger partial charge in [-0.25, -0.2) is 4.39 Å². The van der Waals surface area contributed by atoms with Crippen LogP contribution in [0.4, 0.5) is 4.39 Å². The lowest BCUT2D eigenvalue weighted by Gasteiger charge is -2.30.